The van der Waals surface area contributed by atoms with E-state index in [1.807, 2.05) is 0 Å². The third-order valence-electron chi connectivity index (χ3n) is 2.76. The molecule has 0 saturated carbocycles. The number of unbranched alkanes of at least 4 members (excludes halogenated alkanes) is 1. The van der Waals surface area contributed by atoms with Crippen LogP contribution < -0.4 is 5.32 Å². The summed E-state index contributed by atoms with van der Waals surface area (Å²) in [4.78, 5) is 10.4. The molecule has 106 valence electrons. The topological polar surface area (TPSA) is 64.4 Å². The number of nitrogens with zero attached hydrogens (tertiary/aromatic N) is 1. The number of nitrogens with one attached hydrogen (secondary N) is 1. The highest BCUT2D eigenvalue weighted by molar-refractivity contribution is 5.55. The number of nitro groups is 1. The van der Waals surface area contributed by atoms with Crippen LogP contribution in [-0.4, -0.2) is 18.1 Å². The fourth-order valence-corrected chi connectivity index (χ4v) is 1.67. The van der Waals surface area contributed by atoms with Crippen molar-refractivity contribution in [1.29, 1.82) is 0 Å². The van der Waals surface area contributed by atoms with Gasteiger partial charge in [0, 0.05) is 36.5 Å². The van der Waals surface area contributed by atoms with E-state index in [0.717, 1.165) is 37.1 Å². The second kappa shape index (κ2) is 8.48. The SMILES string of the molecule is CCCCOCc1cc([N+](=O)[O-])ccc1NCCC. The Balaban J connectivity index is 2.75. The highest BCUT2D eigenvalue weighted by Gasteiger charge is 2.10. The van der Waals surface area contributed by atoms with Crippen molar-refractivity contribution in [2.45, 2.75) is 39.7 Å². The Kier molecular flexibility index (Phi) is 6.89. The normalized spacial score (nSPS) is 10.4. The number of hydrogen-bond donors (Lipinski definition) is 1. The molecule has 0 fully saturated rings. The van der Waals surface area contributed by atoms with Crippen molar-refractivity contribution in [2.75, 3.05) is 18.5 Å². The molecule has 19 heavy (non-hydrogen) atoms. The van der Waals surface area contributed by atoms with Crippen molar-refractivity contribution >= 4 is 11.4 Å². The lowest BCUT2D eigenvalue weighted by molar-refractivity contribution is -0.384. The molecule has 0 saturated heterocycles. The first-order valence-corrected chi connectivity index (χ1v) is 6.78. The molecule has 0 radical (unpaired) electrons. The Labute approximate surface area is 114 Å². The van der Waals surface area contributed by atoms with Gasteiger partial charge in [-0.1, -0.05) is 20.3 Å². The summed E-state index contributed by atoms with van der Waals surface area (Å²) < 4.78 is 5.55. The van der Waals surface area contributed by atoms with Crippen LogP contribution in [0.1, 0.15) is 38.7 Å². The minimum Gasteiger partial charge on any atom is -0.385 e. The van der Waals surface area contributed by atoms with Gasteiger partial charge in [-0.25, -0.2) is 0 Å². The van der Waals surface area contributed by atoms with Gasteiger partial charge in [0.25, 0.3) is 5.69 Å². The van der Waals surface area contributed by atoms with Gasteiger partial charge in [0.05, 0.1) is 11.5 Å². The van der Waals surface area contributed by atoms with E-state index in [1.54, 1.807) is 12.1 Å². The second-order valence-electron chi connectivity index (χ2n) is 4.43. The molecule has 5 heteroatoms. The van der Waals surface area contributed by atoms with Crippen LogP contribution in [0.3, 0.4) is 0 Å². The zero-order chi connectivity index (χ0) is 14.1. The molecule has 0 aliphatic rings. The molecule has 0 bridgehead atoms. The Hall–Kier alpha value is -1.62. The third kappa shape index (κ3) is 5.26. The molecular formula is C14H22N2O3. The summed E-state index contributed by atoms with van der Waals surface area (Å²) in [7, 11) is 0. The van der Waals surface area contributed by atoms with Crippen molar-refractivity contribution in [2.24, 2.45) is 0 Å². The van der Waals surface area contributed by atoms with Crippen molar-refractivity contribution in [3.8, 4) is 0 Å². The summed E-state index contributed by atoms with van der Waals surface area (Å²) in [5.41, 5.74) is 1.87. The summed E-state index contributed by atoms with van der Waals surface area (Å²) in [5, 5.41) is 14.1. The second-order valence-corrected chi connectivity index (χ2v) is 4.43. The van der Waals surface area contributed by atoms with Crippen LogP contribution in [-0.2, 0) is 11.3 Å². The number of benzene rings is 1. The van der Waals surface area contributed by atoms with E-state index < -0.39 is 0 Å². The van der Waals surface area contributed by atoms with E-state index in [1.165, 1.54) is 6.07 Å². The van der Waals surface area contributed by atoms with Gasteiger partial charge < -0.3 is 10.1 Å². The van der Waals surface area contributed by atoms with Crippen LogP contribution in [0.15, 0.2) is 18.2 Å². The summed E-state index contributed by atoms with van der Waals surface area (Å²) in [6.07, 6.45) is 3.09. The molecule has 0 atom stereocenters. The molecule has 0 heterocycles. The molecule has 1 rings (SSSR count). The molecule has 5 nitrogen and oxygen atoms in total. The smallest absolute Gasteiger partial charge is 0.269 e. The van der Waals surface area contributed by atoms with Crippen molar-refractivity contribution in [3.05, 3.63) is 33.9 Å². The fraction of sp³-hybridized carbons (Fsp3) is 0.571. The molecule has 1 aromatic carbocycles. The summed E-state index contributed by atoms with van der Waals surface area (Å²) >= 11 is 0. The van der Waals surface area contributed by atoms with Gasteiger partial charge >= 0.3 is 0 Å². The molecule has 0 aliphatic heterocycles. The maximum absolute atomic E-state index is 10.8. The molecule has 1 N–H and O–H groups in total. The van der Waals surface area contributed by atoms with Crippen LogP contribution in [0.5, 0.6) is 0 Å². The molecule has 0 aliphatic carbocycles. The van der Waals surface area contributed by atoms with E-state index in [-0.39, 0.29) is 10.6 Å². The van der Waals surface area contributed by atoms with Gasteiger partial charge in [0.15, 0.2) is 0 Å². The fourth-order valence-electron chi connectivity index (χ4n) is 1.67. The van der Waals surface area contributed by atoms with Crippen molar-refractivity contribution in [3.63, 3.8) is 0 Å². The maximum Gasteiger partial charge on any atom is 0.269 e. The van der Waals surface area contributed by atoms with E-state index in [0.29, 0.717) is 13.2 Å². The lowest BCUT2D eigenvalue weighted by Crippen LogP contribution is -2.05. The summed E-state index contributed by atoms with van der Waals surface area (Å²) in [6.45, 7) is 6.13. The van der Waals surface area contributed by atoms with E-state index in [4.69, 9.17) is 4.74 Å². The van der Waals surface area contributed by atoms with Crippen LogP contribution in [0.4, 0.5) is 11.4 Å². The van der Waals surface area contributed by atoms with Crippen molar-refractivity contribution < 1.29 is 9.66 Å². The Morgan fingerprint density at radius 1 is 1.32 bits per heavy atom. The van der Waals surface area contributed by atoms with Gasteiger partial charge in [-0.15, -0.1) is 0 Å². The molecule has 1 aromatic rings. The van der Waals surface area contributed by atoms with Crippen LogP contribution in [0, 0.1) is 10.1 Å². The van der Waals surface area contributed by atoms with Crippen LogP contribution in [0.2, 0.25) is 0 Å². The number of hydrogen-bond acceptors (Lipinski definition) is 4. The summed E-state index contributed by atoms with van der Waals surface area (Å²) in [6, 6.07) is 4.86. The first-order chi connectivity index (χ1) is 9.19. The van der Waals surface area contributed by atoms with Crippen LogP contribution in [0.25, 0.3) is 0 Å². The predicted octanol–water partition coefficient (Wildman–Crippen LogP) is 3.73. The average Bonchev–Trinajstić information content (AvgIpc) is 2.41. The van der Waals surface area contributed by atoms with E-state index in [9.17, 15) is 10.1 Å². The van der Waals surface area contributed by atoms with E-state index >= 15 is 0 Å². The van der Waals surface area contributed by atoms with Gasteiger partial charge in [0.1, 0.15) is 0 Å². The third-order valence-corrected chi connectivity index (χ3v) is 2.76. The van der Waals surface area contributed by atoms with Gasteiger partial charge in [-0.3, -0.25) is 10.1 Å². The quantitative estimate of drug-likeness (QED) is 0.420. The Morgan fingerprint density at radius 2 is 2.11 bits per heavy atom. The van der Waals surface area contributed by atoms with Crippen LogP contribution >= 0.6 is 0 Å². The molecule has 0 unspecified atom stereocenters. The monoisotopic (exact) mass is 266 g/mol. The zero-order valence-corrected chi connectivity index (χ0v) is 11.6. The standard InChI is InChI=1S/C14H22N2O3/c1-3-5-9-19-11-12-10-13(16(17)18)6-7-14(12)15-8-4-2/h6-7,10,15H,3-5,8-9,11H2,1-2H3. The highest BCUT2D eigenvalue weighted by Crippen LogP contribution is 2.23. The number of anilines is 1. The lowest BCUT2D eigenvalue weighted by atomic mass is 10.1. The summed E-state index contributed by atoms with van der Waals surface area (Å²) in [5.74, 6) is 0. The number of ether oxygens (including phenoxy) is 1. The maximum atomic E-state index is 10.8. The molecule has 0 spiro atoms. The van der Waals surface area contributed by atoms with Gasteiger partial charge in [-0.2, -0.15) is 0 Å². The molecule has 0 aromatic heterocycles. The lowest BCUT2D eigenvalue weighted by Gasteiger charge is -2.11. The number of non-ortho nitro benzene ring substituents is 1. The minimum absolute atomic E-state index is 0.108. The minimum atomic E-state index is -0.376. The first-order valence-electron chi connectivity index (χ1n) is 6.78. The van der Waals surface area contributed by atoms with Gasteiger partial charge in [0.2, 0.25) is 0 Å². The zero-order valence-electron chi connectivity index (χ0n) is 11.6. The number of rotatable bonds is 9. The largest absolute Gasteiger partial charge is 0.385 e. The van der Waals surface area contributed by atoms with E-state index in [2.05, 4.69) is 19.2 Å². The van der Waals surface area contributed by atoms with Gasteiger partial charge in [-0.05, 0) is 18.9 Å². The average molecular weight is 266 g/mol. The number of nitro benzene ring substituents is 1. The van der Waals surface area contributed by atoms with Crippen molar-refractivity contribution in [1.82, 2.24) is 0 Å². The predicted molar refractivity (Wildman–Crippen MR) is 76.4 cm³/mol. The Morgan fingerprint density at radius 3 is 2.74 bits per heavy atom. The molecule has 0 amide bonds. The Bertz CT molecular complexity index is 408. The highest BCUT2D eigenvalue weighted by atomic mass is 16.6. The first kappa shape index (κ1) is 15.4. The molecular weight excluding hydrogens is 244 g/mol.